The smallest absolute Gasteiger partial charge is 0.325 e. The number of nitrogens with zero attached hydrogens (tertiary/aromatic N) is 3. The van der Waals surface area contributed by atoms with Crippen LogP contribution < -0.4 is 10.6 Å². The first-order chi connectivity index (χ1) is 12.8. The zero-order chi connectivity index (χ0) is 19.6. The molecular weight excluding hydrogens is 346 g/mol. The van der Waals surface area contributed by atoms with E-state index in [2.05, 4.69) is 15.7 Å². The first-order valence-electron chi connectivity index (χ1n) is 9.75. The molecule has 2 unspecified atom stereocenters. The van der Waals surface area contributed by atoms with Gasteiger partial charge in [-0.1, -0.05) is 19.8 Å². The van der Waals surface area contributed by atoms with Crippen molar-refractivity contribution < 1.29 is 14.4 Å². The average molecular weight is 375 g/mol. The molecule has 4 amide bonds. The van der Waals surface area contributed by atoms with Crippen LogP contribution in [-0.2, 0) is 16.1 Å². The third-order valence-electron chi connectivity index (χ3n) is 5.78. The van der Waals surface area contributed by atoms with Crippen molar-refractivity contribution in [1.82, 2.24) is 25.3 Å². The fraction of sp³-hybridized carbons (Fsp3) is 0.684. The summed E-state index contributed by atoms with van der Waals surface area (Å²) in [6, 6.07) is 1.56. The number of carbonyl (C=O) groups is 3. The van der Waals surface area contributed by atoms with Crippen LogP contribution in [0, 0.1) is 19.8 Å². The van der Waals surface area contributed by atoms with E-state index in [9.17, 15) is 14.4 Å². The highest BCUT2D eigenvalue weighted by Crippen LogP contribution is 2.38. The van der Waals surface area contributed by atoms with Gasteiger partial charge < -0.3 is 10.6 Å². The van der Waals surface area contributed by atoms with E-state index < -0.39 is 11.6 Å². The van der Waals surface area contributed by atoms with E-state index in [1.165, 1.54) is 0 Å². The molecule has 1 aliphatic carbocycles. The highest BCUT2D eigenvalue weighted by Gasteiger charge is 2.55. The second-order valence-corrected chi connectivity index (χ2v) is 7.79. The number of nitrogens with one attached hydrogen (secondary N) is 2. The maximum Gasteiger partial charge on any atom is 0.325 e. The van der Waals surface area contributed by atoms with Crippen LogP contribution in [0.15, 0.2) is 6.07 Å². The van der Waals surface area contributed by atoms with Crippen LogP contribution in [0.4, 0.5) is 4.79 Å². The summed E-state index contributed by atoms with van der Waals surface area (Å²) in [5, 5.41) is 10.0. The molecule has 1 spiro atoms. The van der Waals surface area contributed by atoms with Crippen LogP contribution in [0.3, 0.4) is 0 Å². The fourth-order valence-electron chi connectivity index (χ4n) is 4.20. The van der Waals surface area contributed by atoms with E-state index in [0.717, 1.165) is 42.0 Å². The molecule has 0 radical (unpaired) electrons. The Balaban J connectivity index is 1.48. The Labute approximate surface area is 159 Å². The Bertz CT molecular complexity index is 744. The van der Waals surface area contributed by atoms with Crippen molar-refractivity contribution in [1.29, 1.82) is 0 Å². The van der Waals surface area contributed by atoms with E-state index in [4.69, 9.17) is 0 Å². The predicted octanol–water partition coefficient (Wildman–Crippen LogP) is 1.51. The molecule has 0 bridgehead atoms. The van der Waals surface area contributed by atoms with Gasteiger partial charge >= 0.3 is 6.03 Å². The van der Waals surface area contributed by atoms with Gasteiger partial charge in [0.25, 0.3) is 5.91 Å². The zero-order valence-electron chi connectivity index (χ0n) is 16.4. The van der Waals surface area contributed by atoms with Crippen molar-refractivity contribution in [2.24, 2.45) is 5.92 Å². The van der Waals surface area contributed by atoms with Gasteiger partial charge in [-0.3, -0.25) is 19.2 Å². The molecule has 8 heteroatoms. The lowest BCUT2D eigenvalue weighted by Gasteiger charge is -2.36. The first-order valence-corrected chi connectivity index (χ1v) is 9.75. The summed E-state index contributed by atoms with van der Waals surface area (Å²) in [5.41, 5.74) is 1.25. The molecule has 1 aromatic heterocycles. The van der Waals surface area contributed by atoms with Crippen molar-refractivity contribution in [2.75, 3.05) is 13.1 Å². The number of urea groups is 1. The molecule has 3 rings (SSSR count). The van der Waals surface area contributed by atoms with Gasteiger partial charge in [0.1, 0.15) is 12.1 Å². The number of hydrogen-bond donors (Lipinski definition) is 2. The number of hydrogen-bond acceptors (Lipinski definition) is 4. The van der Waals surface area contributed by atoms with Gasteiger partial charge in [-0.15, -0.1) is 0 Å². The van der Waals surface area contributed by atoms with E-state index in [1.807, 2.05) is 31.5 Å². The molecule has 2 atom stereocenters. The summed E-state index contributed by atoms with van der Waals surface area (Å²) in [7, 11) is 0. The molecule has 2 N–H and O–H groups in total. The molecule has 1 saturated heterocycles. The van der Waals surface area contributed by atoms with Crippen molar-refractivity contribution in [3.05, 3.63) is 17.5 Å². The van der Waals surface area contributed by atoms with Gasteiger partial charge in [0.05, 0.1) is 5.69 Å². The quantitative estimate of drug-likeness (QED) is 0.582. The number of imide groups is 1. The summed E-state index contributed by atoms with van der Waals surface area (Å²) < 4.78 is 1.91. The molecule has 1 aromatic rings. The largest absolute Gasteiger partial charge is 0.354 e. The molecule has 2 heterocycles. The summed E-state index contributed by atoms with van der Waals surface area (Å²) >= 11 is 0. The summed E-state index contributed by atoms with van der Waals surface area (Å²) in [4.78, 5) is 38.4. The third kappa shape index (κ3) is 3.84. The summed E-state index contributed by atoms with van der Waals surface area (Å²) in [6.07, 6.45) is 4.29. The average Bonchev–Trinajstić information content (AvgIpc) is 3.06. The highest BCUT2D eigenvalue weighted by atomic mass is 16.2. The summed E-state index contributed by atoms with van der Waals surface area (Å²) in [5.74, 6) is -0.471. The molecule has 1 aliphatic heterocycles. The Morgan fingerprint density at radius 2 is 2.15 bits per heavy atom. The number of aryl methyl sites for hydroxylation is 3. The van der Waals surface area contributed by atoms with E-state index in [-0.39, 0.29) is 24.3 Å². The second kappa shape index (κ2) is 7.70. The number of rotatable bonds is 6. The lowest BCUT2D eigenvalue weighted by Crippen LogP contribution is -2.54. The molecule has 2 aliphatic rings. The zero-order valence-corrected chi connectivity index (χ0v) is 16.4. The van der Waals surface area contributed by atoms with Crippen molar-refractivity contribution in [3.8, 4) is 0 Å². The molecule has 27 heavy (non-hydrogen) atoms. The third-order valence-corrected chi connectivity index (χ3v) is 5.78. The number of amides is 4. The maximum atomic E-state index is 12.8. The molecular formula is C19H29N5O3. The lowest BCUT2D eigenvalue weighted by atomic mass is 9.73. The minimum absolute atomic E-state index is 0.0940. The second-order valence-electron chi connectivity index (χ2n) is 7.79. The molecule has 2 fully saturated rings. The predicted molar refractivity (Wildman–Crippen MR) is 99.9 cm³/mol. The Morgan fingerprint density at radius 3 is 2.81 bits per heavy atom. The minimum atomic E-state index is -0.814. The topological polar surface area (TPSA) is 96.3 Å². The van der Waals surface area contributed by atoms with Gasteiger partial charge in [0.15, 0.2) is 0 Å². The van der Waals surface area contributed by atoms with E-state index in [1.54, 1.807) is 0 Å². The molecule has 1 saturated carbocycles. The van der Waals surface area contributed by atoms with Gasteiger partial charge in [0, 0.05) is 18.8 Å². The van der Waals surface area contributed by atoms with Crippen LogP contribution in [-0.4, -0.2) is 51.2 Å². The summed E-state index contributed by atoms with van der Waals surface area (Å²) in [6.45, 7) is 6.91. The highest BCUT2D eigenvalue weighted by molar-refractivity contribution is 6.09. The number of carbonyl (C=O) groups excluding carboxylic acids is 3. The van der Waals surface area contributed by atoms with E-state index in [0.29, 0.717) is 19.5 Å². The van der Waals surface area contributed by atoms with Crippen LogP contribution >= 0.6 is 0 Å². The van der Waals surface area contributed by atoms with Crippen LogP contribution in [0.25, 0.3) is 0 Å². The van der Waals surface area contributed by atoms with Crippen LogP contribution in [0.1, 0.15) is 50.4 Å². The van der Waals surface area contributed by atoms with Crippen molar-refractivity contribution in [2.45, 2.75) is 65.0 Å². The fourth-order valence-corrected chi connectivity index (χ4v) is 4.20. The monoisotopic (exact) mass is 375 g/mol. The number of aromatic nitrogens is 2. The van der Waals surface area contributed by atoms with Gasteiger partial charge in [0.2, 0.25) is 5.91 Å². The van der Waals surface area contributed by atoms with Gasteiger partial charge in [-0.05, 0) is 45.1 Å². The van der Waals surface area contributed by atoms with Gasteiger partial charge in [-0.2, -0.15) is 5.10 Å². The lowest BCUT2D eigenvalue weighted by molar-refractivity contribution is -0.137. The van der Waals surface area contributed by atoms with Crippen LogP contribution in [0.5, 0.6) is 0 Å². The van der Waals surface area contributed by atoms with Crippen molar-refractivity contribution >= 4 is 17.8 Å². The molecule has 148 valence electrons. The Hall–Kier alpha value is -2.38. The van der Waals surface area contributed by atoms with E-state index >= 15 is 0 Å². The molecule has 0 aromatic carbocycles. The van der Waals surface area contributed by atoms with Crippen LogP contribution in [0.2, 0.25) is 0 Å². The SMILES string of the molecule is Cc1cc(C)n(CCCNC(=O)CN2C(=O)NC3(CCCCC3C)C2=O)n1. The Morgan fingerprint density at radius 1 is 1.37 bits per heavy atom. The first kappa shape index (κ1) is 19.4. The minimum Gasteiger partial charge on any atom is -0.354 e. The standard InChI is InChI=1S/C19H29N5O3/c1-13-7-4-5-8-19(13)17(26)23(18(27)21-19)12-16(25)20-9-6-10-24-15(3)11-14(2)22-24/h11,13H,4-10,12H2,1-3H3,(H,20,25)(H,21,27). The van der Waals surface area contributed by atoms with Gasteiger partial charge in [-0.25, -0.2) is 4.79 Å². The Kier molecular flexibility index (Phi) is 5.53. The van der Waals surface area contributed by atoms with Crippen molar-refractivity contribution in [3.63, 3.8) is 0 Å². The maximum absolute atomic E-state index is 12.8. The normalized spacial score (nSPS) is 25.1. The molecule has 8 nitrogen and oxygen atoms in total.